The molecule has 2 aromatic carbocycles. The first kappa shape index (κ1) is 14.8. The lowest BCUT2D eigenvalue weighted by Crippen LogP contribution is -2.22. The molecule has 0 unspecified atom stereocenters. The molecule has 0 atom stereocenters. The highest BCUT2D eigenvalue weighted by molar-refractivity contribution is 14.1. The Kier molecular flexibility index (Phi) is 5.00. The van der Waals surface area contributed by atoms with Gasteiger partial charge in [-0.3, -0.25) is 4.79 Å². The predicted octanol–water partition coefficient (Wildman–Crippen LogP) is 3.29. The Morgan fingerprint density at radius 2 is 1.65 bits per heavy atom. The van der Waals surface area contributed by atoms with Crippen molar-refractivity contribution < 1.29 is 4.79 Å². The molecule has 2 aromatic rings. The van der Waals surface area contributed by atoms with Crippen molar-refractivity contribution in [1.82, 2.24) is 5.32 Å². The summed E-state index contributed by atoms with van der Waals surface area (Å²) < 4.78 is 1.12. The van der Waals surface area contributed by atoms with E-state index in [9.17, 15) is 4.79 Å². The summed E-state index contributed by atoms with van der Waals surface area (Å²) >= 11 is 2.22. The van der Waals surface area contributed by atoms with Crippen LogP contribution < -0.4 is 10.2 Å². The summed E-state index contributed by atoms with van der Waals surface area (Å²) in [4.78, 5) is 14.0. The highest BCUT2D eigenvalue weighted by Crippen LogP contribution is 2.12. The second kappa shape index (κ2) is 6.74. The van der Waals surface area contributed by atoms with Gasteiger partial charge in [0.25, 0.3) is 5.91 Å². The molecule has 1 amide bonds. The van der Waals surface area contributed by atoms with Gasteiger partial charge in [0.1, 0.15) is 0 Å². The molecule has 0 heterocycles. The van der Waals surface area contributed by atoms with Gasteiger partial charge < -0.3 is 10.2 Å². The molecular formula is C16H17IN2O. The van der Waals surface area contributed by atoms with Crippen LogP contribution in [0.5, 0.6) is 0 Å². The number of halogens is 1. The summed E-state index contributed by atoms with van der Waals surface area (Å²) in [5, 5.41) is 2.93. The van der Waals surface area contributed by atoms with E-state index in [0.717, 1.165) is 14.8 Å². The molecule has 0 aliphatic rings. The molecule has 0 saturated carbocycles. The average molecular weight is 380 g/mol. The van der Waals surface area contributed by atoms with Crippen molar-refractivity contribution in [1.29, 1.82) is 0 Å². The fraction of sp³-hybridized carbons (Fsp3) is 0.188. The zero-order valence-electron chi connectivity index (χ0n) is 11.6. The molecule has 0 spiro atoms. The maximum atomic E-state index is 12.0. The van der Waals surface area contributed by atoms with Crippen molar-refractivity contribution >= 4 is 34.2 Å². The van der Waals surface area contributed by atoms with Crippen molar-refractivity contribution in [3.05, 3.63) is 63.2 Å². The van der Waals surface area contributed by atoms with Gasteiger partial charge in [0.2, 0.25) is 0 Å². The van der Waals surface area contributed by atoms with Crippen molar-refractivity contribution in [2.75, 3.05) is 19.0 Å². The van der Waals surface area contributed by atoms with Crippen LogP contribution in [0.2, 0.25) is 0 Å². The van der Waals surface area contributed by atoms with Crippen LogP contribution in [0.1, 0.15) is 15.9 Å². The van der Waals surface area contributed by atoms with Gasteiger partial charge >= 0.3 is 0 Å². The molecule has 20 heavy (non-hydrogen) atoms. The van der Waals surface area contributed by atoms with Crippen molar-refractivity contribution in [2.45, 2.75) is 6.54 Å². The molecule has 0 aliphatic carbocycles. The predicted molar refractivity (Wildman–Crippen MR) is 91.1 cm³/mol. The van der Waals surface area contributed by atoms with Crippen LogP contribution in [0.25, 0.3) is 0 Å². The van der Waals surface area contributed by atoms with Gasteiger partial charge in [0.15, 0.2) is 0 Å². The molecule has 0 aromatic heterocycles. The van der Waals surface area contributed by atoms with Gasteiger partial charge in [-0.1, -0.05) is 12.1 Å². The maximum Gasteiger partial charge on any atom is 0.251 e. The first-order valence-electron chi connectivity index (χ1n) is 6.36. The van der Waals surface area contributed by atoms with E-state index in [1.54, 1.807) is 0 Å². The minimum absolute atomic E-state index is 0.0434. The lowest BCUT2D eigenvalue weighted by molar-refractivity contribution is 0.0951. The molecule has 0 bridgehead atoms. The van der Waals surface area contributed by atoms with Crippen LogP contribution in [0.15, 0.2) is 48.5 Å². The number of nitrogens with one attached hydrogen (secondary N) is 1. The van der Waals surface area contributed by atoms with Crippen LogP contribution in [0.4, 0.5) is 5.69 Å². The molecule has 0 saturated heterocycles. The fourth-order valence-corrected chi connectivity index (χ4v) is 2.16. The number of hydrogen-bond acceptors (Lipinski definition) is 2. The third-order valence-electron chi connectivity index (χ3n) is 3.01. The van der Waals surface area contributed by atoms with Crippen LogP contribution in [0, 0.1) is 3.57 Å². The summed E-state index contributed by atoms with van der Waals surface area (Å²) in [6.45, 7) is 0.540. The largest absolute Gasteiger partial charge is 0.378 e. The molecule has 0 aliphatic heterocycles. The fourth-order valence-electron chi connectivity index (χ4n) is 1.80. The van der Waals surface area contributed by atoms with E-state index in [1.165, 1.54) is 0 Å². The molecule has 0 fully saturated rings. The third-order valence-corrected chi connectivity index (χ3v) is 3.73. The summed E-state index contributed by atoms with van der Waals surface area (Å²) in [5.74, 6) is -0.0434. The van der Waals surface area contributed by atoms with Crippen LogP contribution >= 0.6 is 22.6 Å². The summed E-state index contributed by atoms with van der Waals surface area (Å²) in [5.41, 5.74) is 2.93. The van der Waals surface area contributed by atoms with Crippen molar-refractivity contribution in [3.63, 3.8) is 0 Å². The normalized spacial score (nSPS) is 10.2. The summed E-state index contributed by atoms with van der Waals surface area (Å²) in [6, 6.07) is 15.7. The first-order chi connectivity index (χ1) is 9.56. The van der Waals surface area contributed by atoms with E-state index < -0.39 is 0 Å². The van der Waals surface area contributed by atoms with E-state index >= 15 is 0 Å². The Labute approximate surface area is 133 Å². The monoisotopic (exact) mass is 380 g/mol. The zero-order valence-corrected chi connectivity index (χ0v) is 13.7. The van der Waals surface area contributed by atoms with E-state index in [-0.39, 0.29) is 5.91 Å². The highest BCUT2D eigenvalue weighted by Gasteiger charge is 2.04. The number of amides is 1. The topological polar surface area (TPSA) is 32.3 Å². The van der Waals surface area contributed by atoms with Crippen molar-refractivity contribution in [3.8, 4) is 0 Å². The van der Waals surface area contributed by atoms with E-state index in [2.05, 4.69) is 27.9 Å². The standard InChI is InChI=1S/C16H17IN2O/c1-19(2)15-9-3-12(4-10-15)11-18-16(20)13-5-7-14(17)8-6-13/h3-10H,11H2,1-2H3,(H,18,20). The SMILES string of the molecule is CN(C)c1ccc(CNC(=O)c2ccc(I)cc2)cc1. The maximum absolute atomic E-state index is 12.0. The summed E-state index contributed by atoms with van der Waals surface area (Å²) in [7, 11) is 4.01. The van der Waals surface area contributed by atoms with Gasteiger partial charge in [0.05, 0.1) is 0 Å². The Morgan fingerprint density at radius 3 is 2.20 bits per heavy atom. The number of benzene rings is 2. The molecule has 4 heteroatoms. The number of carbonyl (C=O) groups excluding carboxylic acids is 1. The number of rotatable bonds is 4. The molecule has 2 rings (SSSR count). The Morgan fingerprint density at radius 1 is 1.05 bits per heavy atom. The lowest BCUT2D eigenvalue weighted by Gasteiger charge is -2.13. The number of anilines is 1. The number of carbonyl (C=O) groups is 1. The number of hydrogen-bond donors (Lipinski definition) is 1. The van der Waals surface area contributed by atoms with Crippen LogP contribution in [0.3, 0.4) is 0 Å². The van der Waals surface area contributed by atoms with Crippen LogP contribution in [-0.4, -0.2) is 20.0 Å². The van der Waals surface area contributed by atoms with Gasteiger partial charge in [-0.05, 0) is 64.6 Å². The quantitative estimate of drug-likeness (QED) is 0.826. The second-order valence-corrected chi connectivity index (χ2v) is 6.00. The van der Waals surface area contributed by atoms with Crippen molar-refractivity contribution in [2.24, 2.45) is 0 Å². The Bertz CT molecular complexity index is 576. The zero-order chi connectivity index (χ0) is 14.5. The van der Waals surface area contributed by atoms with E-state index in [0.29, 0.717) is 12.1 Å². The molecule has 3 nitrogen and oxygen atoms in total. The Hall–Kier alpha value is -1.56. The number of nitrogens with zero attached hydrogens (tertiary/aromatic N) is 1. The third kappa shape index (κ3) is 3.96. The Balaban J connectivity index is 1.94. The van der Waals surface area contributed by atoms with Gasteiger partial charge in [-0.2, -0.15) is 0 Å². The molecule has 104 valence electrons. The average Bonchev–Trinajstić information content (AvgIpc) is 2.46. The minimum Gasteiger partial charge on any atom is -0.378 e. The molecule has 0 radical (unpaired) electrons. The first-order valence-corrected chi connectivity index (χ1v) is 7.44. The van der Waals surface area contributed by atoms with E-state index in [1.807, 2.05) is 67.5 Å². The molecule has 1 N–H and O–H groups in total. The van der Waals surface area contributed by atoms with Gasteiger partial charge in [-0.15, -0.1) is 0 Å². The van der Waals surface area contributed by atoms with Gasteiger partial charge in [0, 0.05) is 35.5 Å². The lowest BCUT2D eigenvalue weighted by atomic mass is 10.2. The van der Waals surface area contributed by atoms with E-state index in [4.69, 9.17) is 0 Å². The summed E-state index contributed by atoms with van der Waals surface area (Å²) in [6.07, 6.45) is 0. The molecular weight excluding hydrogens is 363 g/mol. The van der Waals surface area contributed by atoms with Gasteiger partial charge in [-0.25, -0.2) is 0 Å². The smallest absolute Gasteiger partial charge is 0.251 e. The highest BCUT2D eigenvalue weighted by atomic mass is 127. The second-order valence-electron chi connectivity index (χ2n) is 4.75. The van der Waals surface area contributed by atoms with Crippen LogP contribution in [-0.2, 0) is 6.54 Å². The minimum atomic E-state index is -0.0434.